The zero-order valence-corrected chi connectivity index (χ0v) is 17.4. The Labute approximate surface area is 176 Å². The molecule has 0 spiro atoms. The summed E-state index contributed by atoms with van der Waals surface area (Å²) in [5.41, 5.74) is 2.71. The Bertz CT molecular complexity index is 875. The molecule has 2 N–H and O–H groups in total. The van der Waals surface area contributed by atoms with Crippen molar-refractivity contribution in [3.63, 3.8) is 0 Å². The van der Waals surface area contributed by atoms with Gasteiger partial charge in [-0.05, 0) is 37.5 Å². The molecule has 1 aromatic carbocycles. The summed E-state index contributed by atoms with van der Waals surface area (Å²) < 4.78 is 0. The first-order valence-corrected chi connectivity index (χ1v) is 10.2. The van der Waals surface area contributed by atoms with Crippen LogP contribution in [0.1, 0.15) is 41.3 Å². The lowest BCUT2D eigenvalue weighted by atomic mass is 10.0. The lowest BCUT2D eigenvalue weighted by Gasteiger charge is -2.33. The second-order valence-corrected chi connectivity index (χ2v) is 7.76. The molecule has 0 bridgehead atoms. The monoisotopic (exact) mass is 408 g/mol. The third kappa shape index (κ3) is 5.89. The van der Waals surface area contributed by atoms with Crippen molar-refractivity contribution in [3.8, 4) is 0 Å². The highest BCUT2D eigenvalue weighted by molar-refractivity contribution is 5.94. The number of hydrogen-bond donors (Lipinski definition) is 2. The number of aryl methyl sites for hydroxylation is 1. The molecule has 1 aliphatic rings. The summed E-state index contributed by atoms with van der Waals surface area (Å²) >= 11 is 0. The number of carbonyl (C=O) groups excluding carboxylic acids is 3. The van der Waals surface area contributed by atoms with Crippen LogP contribution in [-0.2, 0) is 16.0 Å². The number of amides is 3. The van der Waals surface area contributed by atoms with Crippen LogP contribution in [-0.4, -0.2) is 52.8 Å². The summed E-state index contributed by atoms with van der Waals surface area (Å²) in [6.07, 6.45) is 4.99. The van der Waals surface area contributed by atoms with Crippen molar-refractivity contribution in [1.29, 1.82) is 0 Å². The van der Waals surface area contributed by atoms with Gasteiger partial charge < -0.3 is 15.5 Å². The number of aromatic nitrogens is 1. The molecule has 1 fully saturated rings. The second kappa shape index (κ2) is 10.0. The fourth-order valence-electron chi connectivity index (χ4n) is 3.62. The van der Waals surface area contributed by atoms with Gasteiger partial charge in [-0.1, -0.05) is 29.8 Å². The quantitative estimate of drug-likeness (QED) is 0.763. The van der Waals surface area contributed by atoms with Crippen LogP contribution in [0, 0.1) is 6.92 Å². The van der Waals surface area contributed by atoms with Crippen LogP contribution in [0.4, 0.5) is 0 Å². The van der Waals surface area contributed by atoms with E-state index in [1.54, 1.807) is 29.4 Å². The van der Waals surface area contributed by atoms with Gasteiger partial charge in [0.05, 0.1) is 5.56 Å². The van der Waals surface area contributed by atoms with E-state index in [0.717, 1.165) is 11.1 Å². The maximum Gasteiger partial charge on any atom is 0.255 e. The third-order valence-electron chi connectivity index (χ3n) is 5.29. The molecule has 30 heavy (non-hydrogen) atoms. The van der Waals surface area contributed by atoms with Gasteiger partial charge in [-0.15, -0.1) is 0 Å². The van der Waals surface area contributed by atoms with Gasteiger partial charge in [-0.25, -0.2) is 0 Å². The van der Waals surface area contributed by atoms with E-state index in [9.17, 15) is 14.4 Å². The molecule has 1 unspecified atom stereocenters. The minimum atomic E-state index is -0.625. The molecule has 1 saturated heterocycles. The number of piperidine rings is 1. The maximum absolute atomic E-state index is 12.8. The van der Waals surface area contributed by atoms with E-state index in [0.29, 0.717) is 37.9 Å². The molecule has 2 aromatic rings. The SMILES string of the molecule is CC(=O)NC(Cc1ccc(C)cc1)C(=O)NC1CCN(C(=O)c2cccnc2)CC1. The molecule has 0 saturated carbocycles. The molecule has 1 aliphatic heterocycles. The average Bonchev–Trinajstić information content (AvgIpc) is 2.75. The number of carbonyl (C=O) groups is 3. The Kier molecular flexibility index (Phi) is 7.17. The zero-order valence-electron chi connectivity index (χ0n) is 17.4. The van der Waals surface area contributed by atoms with Gasteiger partial charge in [0.2, 0.25) is 11.8 Å². The van der Waals surface area contributed by atoms with Gasteiger partial charge >= 0.3 is 0 Å². The topological polar surface area (TPSA) is 91.4 Å². The number of nitrogens with one attached hydrogen (secondary N) is 2. The minimum Gasteiger partial charge on any atom is -0.351 e. The Morgan fingerprint density at radius 1 is 1.13 bits per heavy atom. The van der Waals surface area contributed by atoms with Gasteiger partial charge in [0.1, 0.15) is 6.04 Å². The minimum absolute atomic E-state index is 0.0234. The molecule has 1 atom stereocenters. The van der Waals surface area contributed by atoms with E-state index in [1.807, 2.05) is 31.2 Å². The summed E-state index contributed by atoms with van der Waals surface area (Å²) in [6, 6.07) is 10.8. The first-order valence-electron chi connectivity index (χ1n) is 10.2. The normalized spacial score (nSPS) is 15.3. The number of hydrogen-bond acceptors (Lipinski definition) is 4. The molecule has 0 aliphatic carbocycles. The number of likely N-dealkylation sites (tertiary alicyclic amines) is 1. The highest BCUT2D eigenvalue weighted by Crippen LogP contribution is 2.14. The number of benzene rings is 1. The van der Waals surface area contributed by atoms with Crippen molar-refractivity contribution in [2.24, 2.45) is 0 Å². The summed E-state index contributed by atoms with van der Waals surface area (Å²) in [4.78, 5) is 42.8. The summed E-state index contributed by atoms with van der Waals surface area (Å²) in [6.45, 7) is 4.56. The first kappa shape index (κ1) is 21.5. The van der Waals surface area contributed by atoms with E-state index in [2.05, 4.69) is 15.6 Å². The van der Waals surface area contributed by atoms with Crippen LogP contribution < -0.4 is 10.6 Å². The molecule has 158 valence electrons. The van der Waals surface area contributed by atoms with E-state index < -0.39 is 6.04 Å². The first-order chi connectivity index (χ1) is 14.4. The fourth-order valence-corrected chi connectivity index (χ4v) is 3.62. The number of pyridine rings is 1. The van der Waals surface area contributed by atoms with Gasteiger partial charge in [-0.2, -0.15) is 0 Å². The van der Waals surface area contributed by atoms with Gasteiger partial charge in [-0.3, -0.25) is 19.4 Å². The van der Waals surface area contributed by atoms with Crippen molar-refractivity contribution < 1.29 is 14.4 Å². The summed E-state index contributed by atoms with van der Waals surface area (Å²) in [5, 5.41) is 5.81. The van der Waals surface area contributed by atoms with Gasteiger partial charge in [0.25, 0.3) is 5.91 Å². The fraction of sp³-hybridized carbons (Fsp3) is 0.391. The Morgan fingerprint density at radius 3 is 2.43 bits per heavy atom. The van der Waals surface area contributed by atoms with Crippen molar-refractivity contribution in [3.05, 3.63) is 65.5 Å². The molecule has 7 nitrogen and oxygen atoms in total. The van der Waals surface area contributed by atoms with E-state index in [1.165, 1.54) is 6.92 Å². The van der Waals surface area contributed by atoms with Crippen molar-refractivity contribution in [1.82, 2.24) is 20.5 Å². The lowest BCUT2D eigenvalue weighted by molar-refractivity contribution is -0.128. The highest BCUT2D eigenvalue weighted by atomic mass is 16.2. The molecule has 3 rings (SSSR count). The summed E-state index contributed by atoms with van der Waals surface area (Å²) in [5.74, 6) is -0.467. The smallest absolute Gasteiger partial charge is 0.255 e. The van der Waals surface area contributed by atoms with Crippen LogP contribution >= 0.6 is 0 Å². The predicted octanol–water partition coefficient (Wildman–Crippen LogP) is 1.86. The van der Waals surface area contributed by atoms with E-state index >= 15 is 0 Å². The van der Waals surface area contributed by atoms with E-state index in [-0.39, 0.29) is 23.8 Å². The molecular formula is C23H28N4O3. The van der Waals surface area contributed by atoms with Crippen LogP contribution in [0.5, 0.6) is 0 Å². The average molecular weight is 409 g/mol. The van der Waals surface area contributed by atoms with Crippen LogP contribution in [0.25, 0.3) is 0 Å². The molecule has 1 aromatic heterocycles. The number of nitrogens with zero attached hydrogens (tertiary/aromatic N) is 2. The predicted molar refractivity (Wildman–Crippen MR) is 114 cm³/mol. The second-order valence-electron chi connectivity index (χ2n) is 7.76. The van der Waals surface area contributed by atoms with Crippen LogP contribution in [0.3, 0.4) is 0 Å². The summed E-state index contributed by atoms with van der Waals surface area (Å²) in [7, 11) is 0. The van der Waals surface area contributed by atoms with Crippen molar-refractivity contribution in [2.45, 2.75) is 45.2 Å². The zero-order chi connectivity index (χ0) is 21.5. The molecule has 7 heteroatoms. The Hall–Kier alpha value is -3.22. The largest absolute Gasteiger partial charge is 0.351 e. The molecule has 3 amide bonds. The molecule has 0 radical (unpaired) electrons. The highest BCUT2D eigenvalue weighted by Gasteiger charge is 2.27. The molecular weight excluding hydrogens is 380 g/mol. The maximum atomic E-state index is 12.8. The van der Waals surface area contributed by atoms with Crippen LogP contribution in [0.15, 0.2) is 48.8 Å². The van der Waals surface area contributed by atoms with Crippen molar-refractivity contribution >= 4 is 17.7 Å². The van der Waals surface area contributed by atoms with Crippen LogP contribution in [0.2, 0.25) is 0 Å². The Morgan fingerprint density at radius 2 is 1.83 bits per heavy atom. The lowest BCUT2D eigenvalue weighted by Crippen LogP contribution is -2.53. The van der Waals surface area contributed by atoms with E-state index in [4.69, 9.17) is 0 Å². The van der Waals surface area contributed by atoms with Crippen molar-refractivity contribution in [2.75, 3.05) is 13.1 Å². The standard InChI is InChI=1S/C23H28N4O3/c1-16-5-7-18(8-6-16)14-21(25-17(2)28)22(29)26-20-9-12-27(13-10-20)23(30)19-4-3-11-24-15-19/h3-8,11,15,20-21H,9-10,12-14H2,1-2H3,(H,25,28)(H,26,29). The molecule has 2 heterocycles. The Balaban J connectivity index is 1.55. The van der Waals surface area contributed by atoms with Gasteiger partial charge in [0.15, 0.2) is 0 Å². The third-order valence-corrected chi connectivity index (χ3v) is 5.29. The number of rotatable bonds is 6. The van der Waals surface area contributed by atoms with Gasteiger partial charge in [0, 0.05) is 44.9 Å².